The minimum Gasteiger partial charge on any atom is -0.402 e. The summed E-state index contributed by atoms with van der Waals surface area (Å²) in [4.78, 5) is 0. The van der Waals surface area contributed by atoms with Crippen molar-refractivity contribution >= 4 is 7.32 Å². The van der Waals surface area contributed by atoms with E-state index in [0.29, 0.717) is 12.5 Å². The second-order valence-corrected chi connectivity index (χ2v) is 5.49. The molecule has 0 radical (unpaired) electrons. The molecule has 0 aromatic heterocycles. The Hall–Kier alpha value is -0.575. The van der Waals surface area contributed by atoms with Crippen LogP contribution < -0.4 is 0 Å². The van der Waals surface area contributed by atoms with Gasteiger partial charge in [-0.2, -0.15) is 0 Å². The van der Waals surface area contributed by atoms with Crippen molar-refractivity contribution in [2.45, 2.75) is 53.1 Å². The average molecular weight is 254 g/mol. The van der Waals surface area contributed by atoms with Gasteiger partial charge in [-0.1, -0.05) is 31.6 Å². The fourth-order valence-electron chi connectivity index (χ4n) is 1.40. The SMILES string of the molecule is C=CC(C)(CCC=C(C)C)OB(O)OCC(C)C. The van der Waals surface area contributed by atoms with Gasteiger partial charge in [-0.15, -0.1) is 6.58 Å². The summed E-state index contributed by atoms with van der Waals surface area (Å²) in [6.07, 6.45) is 5.52. The van der Waals surface area contributed by atoms with Gasteiger partial charge in [0.1, 0.15) is 0 Å². The van der Waals surface area contributed by atoms with E-state index < -0.39 is 12.9 Å². The van der Waals surface area contributed by atoms with Crippen LogP contribution in [0.3, 0.4) is 0 Å². The predicted molar refractivity (Wildman–Crippen MR) is 77.1 cm³/mol. The molecule has 0 aromatic rings. The van der Waals surface area contributed by atoms with Gasteiger partial charge < -0.3 is 14.3 Å². The predicted octanol–water partition coefficient (Wildman–Crippen LogP) is 3.34. The Morgan fingerprint density at radius 1 is 1.44 bits per heavy atom. The topological polar surface area (TPSA) is 38.7 Å². The van der Waals surface area contributed by atoms with E-state index in [-0.39, 0.29) is 0 Å². The van der Waals surface area contributed by atoms with Crippen LogP contribution in [0.25, 0.3) is 0 Å². The summed E-state index contributed by atoms with van der Waals surface area (Å²) < 4.78 is 10.7. The van der Waals surface area contributed by atoms with Crippen molar-refractivity contribution < 1.29 is 14.3 Å². The molecule has 0 heterocycles. The molecule has 0 aliphatic carbocycles. The Labute approximate surface area is 112 Å². The lowest BCUT2D eigenvalue weighted by Gasteiger charge is -2.27. The Morgan fingerprint density at radius 3 is 2.50 bits per heavy atom. The lowest BCUT2D eigenvalue weighted by Crippen LogP contribution is -2.37. The van der Waals surface area contributed by atoms with E-state index in [0.717, 1.165) is 12.8 Å². The van der Waals surface area contributed by atoms with E-state index >= 15 is 0 Å². The van der Waals surface area contributed by atoms with Crippen LogP contribution in [-0.4, -0.2) is 24.6 Å². The van der Waals surface area contributed by atoms with Gasteiger partial charge in [-0.3, -0.25) is 0 Å². The highest BCUT2D eigenvalue weighted by Crippen LogP contribution is 2.20. The van der Waals surface area contributed by atoms with Gasteiger partial charge >= 0.3 is 7.32 Å². The molecular weight excluding hydrogens is 227 g/mol. The molecule has 0 saturated carbocycles. The van der Waals surface area contributed by atoms with Crippen LogP contribution >= 0.6 is 0 Å². The van der Waals surface area contributed by atoms with Crippen LogP contribution in [-0.2, 0) is 9.31 Å². The van der Waals surface area contributed by atoms with Gasteiger partial charge in [-0.25, -0.2) is 0 Å². The van der Waals surface area contributed by atoms with Crippen molar-refractivity contribution in [3.63, 3.8) is 0 Å². The summed E-state index contributed by atoms with van der Waals surface area (Å²) >= 11 is 0. The van der Waals surface area contributed by atoms with Gasteiger partial charge in [-0.05, 0) is 39.5 Å². The molecule has 0 spiro atoms. The monoisotopic (exact) mass is 254 g/mol. The maximum atomic E-state index is 9.67. The Balaban J connectivity index is 4.20. The fraction of sp³-hybridized carbons (Fsp3) is 0.714. The molecule has 0 amide bonds. The third-order valence-corrected chi connectivity index (χ3v) is 2.57. The zero-order valence-electron chi connectivity index (χ0n) is 12.4. The molecule has 0 rings (SSSR count). The number of rotatable bonds is 9. The van der Waals surface area contributed by atoms with Gasteiger partial charge in [0.05, 0.1) is 5.60 Å². The van der Waals surface area contributed by atoms with Crippen molar-refractivity contribution in [3.8, 4) is 0 Å². The van der Waals surface area contributed by atoms with E-state index in [1.165, 1.54) is 5.57 Å². The molecule has 4 heteroatoms. The Bertz CT molecular complexity index is 272. The van der Waals surface area contributed by atoms with Gasteiger partial charge in [0, 0.05) is 6.61 Å². The zero-order valence-corrected chi connectivity index (χ0v) is 12.4. The first-order valence-electron chi connectivity index (χ1n) is 6.53. The van der Waals surface area contributed by atoms with Crippen LogP contribution in [0.15, 0.2) is 24.3 Å². The third-order valence-electron chi connectivity index (χ3n) is 2.57. The first-order chi connectivity index (χ1) is 8.29. The molecule has 0 saturated heterocycles. The van der Waals surface area contributed by atoms with Gasteiger partial charge in [0.25, 0.3) is 0 Å². The zero-order chi connectivity index (χ0) is 14.2. The molecule has 1 unspecified atom stereocenters. The Morgan fingerprint density at radius 2 is 2.06 bits per heavy atom. The third kappa shape index (κ3) is 8.51. The van der Waals surface area contributed by atoms with Crippen LogP contribution in [0.4, 0.5) is 0 Å². The fourth-order valence-corrected chi connectivity index (χ4v) is 1.40. The highest BCUT2D eigenvalue weighted by molar-refractivity contribution is 6.34. The molecule has 0 aliphatic heterocycles. The molecule has 3 nitrogen and oxygen atoms in total. The molecular formula is C14H27BO3. The minimum atomic E-state index is -1.19. The quantitative estimate of drug-likeness (QED) is 0.506. The molecule has 0 aliphatic rings. The van der Waals surface area contributed by atoms with E-state index in [2.05, 4.69) is 26.5 Å². The van der Waals surface area contributed by atoms with Crippen molar-refractivity contribution in [2.75, 3.05) is 6.61 Å². The maximum absolute atomic E-state index is 9.67. The van der Waals surface area contributed by atoms with Crippen molar-refractivity contribution in [1.29, 1.82) is 0 Å². The normalized spacial score (nSPS) is 14.2. The molecule has 1 N–H and O–H groups in total. The summed E-state index contributed by atoms with van der Waals surface area (Å²) in [5.74, 6) is 0.365. The summed E-state index contributed by atoms with van der Waals surface area (Å²) in [5.41, 5.74) is 0.709. The largest absolute Gasteiger partial charge is 0.637 e. The molecule has 0 bridgehead atoms. The van der Waals surface area contributed by atoms with Crippen LogP contribution in [0.5, 0.6) is 0 Å². The molecule has 0 aromatic carbocycles. The van der Waals surface area contributed by atoms with Gasteiger partial charge in [0.15, 0.2) is 0 Å². The molecule has 1 atom stereocenters. The smallest absolute Gasteiger partial charge is 0.402 e. The molecule has 18 heavy (non-hydrogen) atoms. The van der Waals surface area contributed by atoms with E-state index in [1.54, 1.807) is 6.08 Å². The standard InChI is InChI=1S/C14H27BO3/c1-7-14(6,10-8-9-12(2)3)18-15(16)17-11-13(4)5/h7,9,13,16H,1,8,10-11H2,2-6H3. The van der Waals surface area contributed by atoms with E-state index in [1.807, 2.05) is 20.8 Å². The second kappa shape index (κ2) is 8.51. The first-order valence-corrected chi connectivity index (χ1v) is 6.53. The van der Waals surface area contributed by atoms with E-state index in [4.69, 9.17) is 9.31 Å². The van der Waals surface area contributed by atoms with E-state index in [9.17, 15) is 5.02 Å². The van der Waals surface area contributed by atoms with Crippen molar-refractivity contribution in [3.05, 3.63) is 24.3 Å². The highest BCUT2D eigenvalue weighted by Gasteiger charge is 2.29. The number of hydrogen-bond acceptors (Lipinski definition) is 3. The average Bonchev–Trinajstić information content (AvgIpc) is 2.25. The maximum Gasteiger partial charge on any atom is 0.637 e. The lowest BCUT2D eigenvalue weighted by molar-refractivity contribution is 0.0402. The summed E-state index contributed by atoms with van der Waals surface area (Å²) in [7, 11) is -1.19. The second-order valence-electron chi connectivity index (χ2n) is 5.49. The first kappa shape index (κ1) is 17.4. The summed E-state index contributed by atoms with van der Waals surface area (Å²) in [6, 6.07) is 0. The van der Waals surface area contributed by atoms with Crippen LogP contribution in [0, 0.1) is 5.92 Å². The van der Waals surface area contributed by atoms with Crippen molar-refractivity contribution in [1.82, 2.24) is 0 Å². The number of hydrogen-bond donors (Lipinski definition) is 1. The lowest BCUT2D eigenvalue weighted by atomic mass is 9.97. The summed E-state index contributed by atoms with van der Waals surface area (Å²) in [6.45, 7) is 14.3. The Kier molecular flexibility index (Phi) is 8.24. The molecule has 104 valence electrons. The summed E-state index contributed by atoms with van der Waals surface area (Å²) in [5, 5.41) is 9.67. The highest BCUT2D eigenvalue weighted by atomic mass is 16.7. The van der Waals surface area contributed by atoms with Crippen LogP contribution in [0.2, 0.25) is 0 Å². The van der Waals surface area contributed by atoms with Gasteiger partial charge in [0.2, 0.25) is 0 Å². The van der Waals surface area contributed by atoms with Crippen molar-refractivity contribution in [2.24, 2.45) is 5.92 Å². The molecule has 0 fully saturated rings. The number of allylic oxidation sites excluding steroid dienone is 2. The van der Waals surface area contributed by atoms with Crippen LogP contribution in [0.1, 0.15) is 47.5 Å². The minimum absolute atomic E-state index is 0.365.